The number of hydrogen-bond acceptors (Lipinski definition) is 3. The van der Waals surface area contributed by atoms with Crippen LogP contribution in [0.5, 0.6) is 0 Å². The zero-order valence-electron chi connectivity index (χ0n) is 7.40. The van der Waals surface area contributed by atoms with Crippen molar-refractivity contribution in [1.29, 1.82) is 0 Å². The fraction of sp³-hybridized carbons (Fsp3) is 0.625. The van der Waals surface area contributed by atoms with Crippen LogP contribution in [0.4, 0.5) is 0 Å². The topological polar surface area (TPSA) is 47.3 Å². The number of methoxy groups -OCH3 is 1. The van der Waals surface area contributed by atoms with Crippen LogP contribution in [0.2, 0.25) is 0 Å². The fourth-order valence-corrected chi connectivity index (χ4v) is 1.19. The van der Waals surface area contributed by atoms with E-state index in [0.717, 1.165) is 12.1 Å². The molecule has 1 rings (SSSR count). The Hall–Kier alpha value is -0.870. The summed E-state index contributed by atoms with van der Waals surface area (Å²) in [5.74, 6) is 0. The van der Waals surface area contributed by atoms with Gasteiger partial charge >= 0.3 is 0 Å². The maximum atomic E-state index is 8.93. The zero-order valence-corrected chi connectivity index (χ0v) is 7.40. The van der Waals surface area contributed by atoms with Crippen LogP contribution in [0, 0.1) is 0 Å². The van der Waals surface area contributed by atoms with E-state index in [4.69, 9.17) is 9.84 Å². The molecule has 0 bridgehead atoms. The summed E-state index contributed by atoms with van der Waals surface area (Å²) >= 11 is 0. The number of aliphatic hydroxyl groups excluding tert-OH is 1. The first-order valence-electron chi connectivity index (χ1n) is 3.97. The van der Waals surface area contributed by atoms with Crippen LogP contribution in [0.15, 0.2) is 12.5 Å². The van der Waals surface area contributed by atoms with E-state index in [9.17, 15) is 0 Å². The van der Waals surface area contributed by atoms with Crippen molar-refractivity contribution in [1.82, 2.24) is 9.55 Å². The van der Waals surface area contributed by atoms with Crippen LogP contribution in [0.1, 0.15) is 25.3 Å². The molecule has 4 heteroatoms. The average Bonchev–Trinajstić information content (AvgIpc) is 2.55. The SMILES string of the molecule is CCC(OC)n1cncc1CO. The molecule has 0 fully saturated rings. The third-order valence-corrected chi connectivity index (χ3v) is 1.84. The molecule has 0 aliphatic carbocycles. The predicted octanol–water partition coefficient (Wildman–Crippen LogP) is 0.930. The van der Waals surface area contributed by atoms with Crippen molar-refractivity contribution in [3.8, 4) is 0 Å². The van der Waals surface area contributed by atoms with Gasteiger partial charge in [-0.3, -0.25) is 0 Å². The molecule has 0 aromatic carbocycles. The van der Waals surface area contributed by atoms with Crippen molar-refractivity contribution in [3.05, 3.63) is 18.2 Å². The minimum atomic E-state index is -0.0188. The summed E-state index contributed by atoms with van der Waals surface area (Å²) in [5, 5.41) is 8.93. The van der Waals surface area contributed by atoms with Gasteiger partial charge in [-0.25, -0.2) is 4.98 Å². The van der Waals surface area contributed by atoms with Crippen LogP contribution in [0.3, 0.4) is 0 Å². The standard InChI is InChI=1S/C8H14N2O2/c1-3-8(12-2)10-6-9-4-7(10)5-11/h4,6,8,11H,3,5H2,1-2H3. The van der Waals surface area contributed by atoms with E-state index in [1.807, 2.05) is 11.5 Å². The molecule has 68 valence electrons. The van der Waals surface area contributed by atoms with Gasteiger partial charge in [0, 0.05) is 7.11 Å². The van der Waals surface area contributed by atoms with Crippen LogP contribution < -0.4 is 0 Å². The molecule has 0 radical (unpaired) electrons. The molecule has 0 aliphatic heterocycles. The lowest BCUT2D eigenvalue weighted by Crippen LogP contribution is -2.11. The molecule has 4 nitrogen and oxygen atoms in total. The smallest absolute Gasteiger partial charge is 0.134 e. The molecule has 0 saturated heterocycles. The number of nitrogens with zero attached hydrogens (tertiary/aromatic N) is 2. The summed E-state index contributed by atoms with van der Waals surface area (Å²) in [7, 11) is 1.65. The van der Waals surface area contributed by atoms with Gasteiger partial charge in [0.25, 0.3) is 0 Å². The van der Waals surface area contributed by atoms with Crippen molar-refractivity contribution in [2.24, 2.45) is 0 Å². The summed E-state index contributed by atoms with van der Waals surface area (Å²) in [6.07, 6.45) is 4.15. The van der Waals surface area contributed by atoms with Gasteiger partial charge in [0.1, 0.15) is 6.23 Å². The van der Waals surface area contributed by atoms with Crippen LogP contribution >= 0.6 is 0 Å². The first-order valence-corrected chi connectivity index (χ1v) is 3.97. The molecule has 1 aromatic rings. The second-order valence-corrected chi connectivity index (χ2v) is 2.55. The Kier molecular flexibility index (Phi) is 3.25. The molecule has 1 unspecified atom stereocenters. The van der Waals surface area contributed by atoms with Crippen molar-refractivity contribution >= 4 is 0 Å². The number of rotatable bonds is 4. The van der Waals surface area contributed by atoms with Gasteiger partial charge in [-0.2, -0.15) is 0 Å². The minimum absolute atomic E-state index is 0.000139. The van der Waals surface area contributed by atoms with E-state index in [-0.39, 0.29) is 12.8 Å². The highest BCUT2D eigenvalue weighted by Crippen LogP contribution is 2.14. The highest BCUT2D eigenvalue weighted by Gasteiger charge is 2.09. The van der Waals surface area contributed by atoms with E-state index in [1.165, 1.54) is 0 Å². The molecule has 1 heterocycles. The summed E-state index contributed by atoms with van der Waals surface area (Å²) in [5.41, 5.74) is 0.781. The van der Waals surface area contributed by atoms with Gasteiger partial charge in [0.15, 0.2) is 0 Å². The Balaban J connectivity index is 2.83. The maximum absolute atomic E-state index is 8.93. The molecule has 1 atom stereocenters. The Morgan fingerprint density at radius 1 is 1.75 bits per heavy atom. The second kappa shape index (κ2) is 4.23. The van der Waals surface area contributed by atoms with Gasteiger partial charge in [-0.05, 0) is 6.42 Å². The monoisotopic (exact) mass is 170 g/mol. The summed E-state index contributed by atoms with van der Waals surface area (Å²) in [6, 6.07) is 0. The quantitative estimate of drug-likeness (QED) is 0.731. The van der Waals surface area contributed by atoms with Gasteiger partial charge in [0.05, 0.1) is 24.8 Å². The number of imidazole rings is 1. The Bertz CT molecular complexity index is 231. The van der Waals surface area contributed by atoms with Crippen LogP contribution in [-0.2, 0) is 11.3 Å². The Labute approximate surface area is 71.8 Å². The number of aromatic nitrogens is 2. The normalized spacial score (nSPS) is 13.2. The maximum Gasteiger partial charge on any atom is 0.134 e. The third-order valence-electron chi connectivity index (χ3n) is 1.84. The van der Waals surface area contributed by atoms with E-state index in [1.54, 1.807) is 19.6 Å². The number of aliphatic hydroxyl groups is 1. The van der Waals surface area contributed by atoms with Crippen LogP contribution in [0.25, 0.3) is 0 Å². The first kappa shape index (κ1) is 9.22. The van der Waals surface area contributed by atoms with Crippen LogP contribution in [-0.4, -0.2) is 21.8 Å². The number of ether oxygens (including phenoxy) is 1. The van der Waals surface area contributed by atoms with E-state index < -0.39 is 0 Å². The molecule has 0 saturated carbocycles. The fourth-order valence-electron chi connectivity index (χ4n) is 1.19. The molecule has 0 aliphatic rings. The third kappa shape index (κ3) is 1.65. The molecular weight excluding hydrogens is 156 g/mol. The highest BCUT2D eigenvalue weighted by atomic mass is 16.5. The molecule has 12 heavy (non-hydrogen) atoms. The van der Waals surface area contributed by atoms with Crippen molar-refractivity contribution in [2.75, 3.05) is 7.11 Å². The number of hydrogen-bond donors (Lipinski definition) is 1. The first-order chi connectivity index (χ1) is 5.83. The Morgan fingerprint density at radius 2 is 2.50 bits per heavy atom. The van der Waals surface area contributed by atoms with Crippen molar-refractivity contribution in [3.63, 3.8) is 0 Å². The van der Waals surface area contributed by atoms with E-state index in [2.05, 4.69) is 4.98 Å². The molecule has 0 spiro atoms. The van der Waals surface area contributed by atoms with Gasteiger partial charge in [-0.1, -0.05) is 6.92 Å². The second-order valence-electron chi connectivity index (χ2n) is 2.55. The lowest BCUT2D eigenvalue weighted by molar-refractivity contribution is 0.0361. The van der Waals surface area contributed by atoms with E-state index in [0.29, 0.717) is 0 Å². The Morgan fingerprint density at radius 3 is 3.00 bits per heavy atom. The predicted molar refractivity (Wildman–Crippen MR) is 44.5 cm³/mol. The minimum Gasteiger partial charge on any atom is -0.390 e. The lowest BCUT2D eigenvalue weighted by atomic mass is 10.4. The largest absolute Gasteiger partial charge is 0.390 e. The van der Waals surface area contributed by atoms with Gasteiger partial charge in [-0.15, -0.1) is 0 Å². The molecule has 1 N–H and O–H groups in total. The average molecular weight is 170 g/mol. The molecule has 1 aromatic heterocycles. The molecule has 0 amide bonds. The van der Waals surface area contributed by atoms with Gasteiger partial charge < -0.3 is 14.4 Å². The summed E-state index contributed by atoms with van der Waals surface area (Å²) < 4.78 is 7.03. The summed E-state index contributed by atoms with van der Waals surface area (Å²) in [4.78, 5) is 3.93. The van der Waals surface area contributed by atoms with Gasteiger partial charge in [0.2, 0.25) is 0 Å². The highest BCUT2D eigenvalue weighted by molar-refractivity contribution is 4.97. The lowest BCUT2D eigenvalue weighted by Gasteiger charge is -2.16. The summed E-state index contributed by atoms with van der Waals surface area (Å²) in [6.45, 7) is 2.02. The van der Waals surface area contributed by atoms with Crippen molar-refractivity contribution in [2.45, 2.75) is 26.2 Å². The molecular formula is C8H14N2O2. The van der Waals surface area contributed by atoms with Crippen molar-refractivity contribution < 1.29 is 9.84 Å². The van der Waals surface area contributed by atoms with E-state index >= 15 is 0 Å². The zero-order chi connectivity index (χ0) is 8.97.